The Morgan fingerprint density at radius 3 is 2.74 bits per heavy atom. The molecule has 2 N–H and O–H groups in total. The third-order valence-corrected chi connectivity index (χ3v) is 3.74. The standard InChI is InChI=1S/C14H27N3O2/c18-14(12-15-11-13-3-4-13)16-5-1-2-6-17-7-9-19-10-8-17/h13,15H,1-12H2,(H,16,18). The molecule has 1 heterocycles. The highest BCUT2D eigenvalue weighted by atomic mass is 16.5. The van der Waals surface area contributed by atoms with Gasteiger partial charge in [-0.05, 0) is 44.7 Å². The van der Waals surface area contributed by atoms with Crippen LogP contribution in [0.5, 0.6) is 0 Å². The second-order valence-electron chi connectivity index (χ2n) is 5.59. The maximum atomic E-state index is 11.5. The third-order valence-electron chi connectivity index (χ3n) is 3.74. The summed E-state index contributed by atoms with van der Waals surface area (Å²) in [6.07, 6.45) is 4.87. The zero-order chi connectivity index (χ0) is 13.3. The van der Waals surface area contributed by atoms with Gasteiger partial charge in [-0.15, -0.1) is 0 Å². The highest BCUT2D eigenvalue weighted by Crippen LogP contribution is 2.27. The smallest absolute Gasteiger partial charge is 0.233 e. The van der Waals surface area contributed by atoms with Gasteiger partial charge in [0.1, 0.15) is 0 Å². The molecule has 19 heavy (non-hydrogen) atoms. The molecule has 0 radical (unpaired) electrons. The molecule has 0 unspecified atom stereocenters. The van der Waals surface area contributed by atoms with Crippen molar-refractivity contribution in [1.29, 1.82) is 0 Å². The number of hydrogen-bond donors (Lipinski definition) is 2. The zero-order valence-electron chi connectivity index (χ0n) is 11.8. The van der Waals surface area contributed by atoms with Crippen molar-refractivity contribution in [2.45, 2.75) is 25.7 Å². The van der Waals surface area contributed by atoms with Crippen LogP contribution >= 0.6 is 0 Å². The number of nitrogens with one attached hydrogen (secondary N) is 2. The van der Waals surface area contributed by atoms with Crippen LogP contribution in [0.3, 0.4) is 0 Å². The topological polar surface area (TPSA) is 53.6 Å². The summed E-state index contributed by atoms with van der Waals surface area (Å²) in [4.78, 5) is 13.9. The van der Waals surface area contributed by atoms with Gasteiger partial charge in [0.25, 0.3) is 0 Å². The fourth-order valence-electron chi connectivity index (χ4n) is 2.29. The molecular formula is C14H27N3O2. The predicted octanol–water partition coefficient (Wildman–Crippen LogP) is 0.215. The van der Waals surface area contributed by atoms with Crippen LogP contribution < -0.4 is 10.6 Å². The minimum atomic E-state index is 0.132. The molecule has 2 rings (SSSR count). The van der Waals surface area contributed by atoms with Gasteiger partial charge in [-0.3, -0.25) is 9.69 Å². The van der Waals surface area contributed by atoms with Crippen molar-refractivity contribution in [2.24, 2.45) is 5.92 Å². The van der Waals surface area contributed by atoms with E-state index in [1.807, 2.05) is 0 Å². The number of amides is 1. The first kappa shape index (κ1) is 14.8. The van der Waals surface area contributed by atoms with E-state index < -0.39 is 0 Å². The van der Waals surface area contributed by atoms with Crippen LogP contribution in [0.25, 0.3) is 0 Å². The lowest BCUT2D eigenvalue weighted by molar-refractivity contribution is -0.120. The third kappa shape index (κ3) is 6.89. The quantitative estimate of drug-likeness (QED) is 0.588. The highest BCUT2D eigenvalue weighted by Gasteiger charge is 2.20. The van der Waals surface area contributed by atoms with Crippen molar-refractivity contribution >= 4 is 5.91 Å². The maximum Gasteiger partial charge on any atom is 0.233 e. The first-order valence-electron chi connectivity index (χ1n) is 7.62. The van der Waals surface area contributed by atoms with Crippen LogP contribution in [0.15, 0.2) is 0 Å². The van der Waals surface area contributed by atoms with Gasteiger partial charge >= 0.3 is 0 Å². The van der Waals surface area contributed by atoms with E-state index in [4.69, 9.17) is 4.74 Å². The Labute approximate surface area is 116 Å². The molecule has 1 saturated heterocycles. The van der Waals surface area contributed by atoms with Gasteiger partial charge in [0.2, 0.25) is 5.91 Å². The van der Waals surface area contributed by atoms with Crippen LogP contribution in [0.1, 0.15) is 25.7 Å². The summed E-state index contributed by atoms with van der Waals surface area (Å²) in [6.45, 7) is 7.24. The molecule has 0 aromatic heterocycles. The van der Waals surface area contributed by atoms with E-state index in [2.05, 4.69) is 15.5 Å². The summed E-state index contributed by atoms with van der Waals surface area (Å²) in [5.41, 5.74) is 0. The molecule has 5 nitrogen and oxygen atoms in total. The van der Waals surface area contributed by atoms with E-state index in [0.717, 1.165) is 64.7 Å². The van der Waals surface area contributed by atoms with Gasteiger partial charge in [-0.1, -0.05) is 0 Å². The van der Waals surface area contributed by atoms with Gasteiger partial charge in [-0.2, -0.15) is 0 Å². The number of nitrogens with zero attached hydrogens (tertiary/aromatic N) is 1. The van der Waals surface area contributed by atoms with E-state index >= 15 is 0 Å². The largest absolute Gasteiger partial charge is 0.379 e. The Bertz CT molecular complexity index is 263. The average molecular weight is 269 g/mol. The lowest BCUT2D eigenvalue weighted by Crippen LogP contribution is -2.37. The summed E-state index contributed by atoms with van der Waals surface area (Å²) >= 11 is 0. The molecular weight excluding hydrogens is 242 g/mol. The molecule has 1 aliphatic carbocycles. The summed E-state index contributed by atoms with van der Waals surface area (Å²) in [5, 5.41) is 6.18. The Morgan fingerprint density at radius 1 is 1.21 bits per heavy atom. The highest BCUT2D eigenvalue weighted by molar-refractivity contribution is 5.77. The number of ether oxygens (including phenoxy) is 1. The van der Waals surface area contributed by atoms with E-state index in [9.17, 15) is 4.79 Å². The molecule has 1 amide bonds. The average Bonchev–Trinajstić information content (AvgIpc) is 3.24. The number of hydrogen-bond acceptors (Lipinski definition) is 4. The van der Waals surface area contributed by atoms with Gasteiger partial charge in [-0.25, -0.2) is 0 Å². The van der Waals surface area contributed by atoms with Crippen LogP contribution in [-0.4, -0.2) is 63.3 Å². The monoisotopic (exact) mass is 269 g/mol. The van der Waals surface area contributed by atoms with Crippen molar-refractivity contribution in [1.82, 2.24) is 15.5 Å². The first-order chi connectivity index (χ1) is 9.34. The summed E-state index contributed by atoms with van der Waals surface area (Å²) in [6, 6.07) is 0. The zero-order valence-corrected chi connectivity index (χ0v) is 11.8. The lowest BCUT2D eigenvalue weighted by atomic mass is 10.2. The van der Waals surface area contributed by atoms with Crippen molar-refractivity contribution in [3.05, 3.63) is 0 Å². The number of unbranched alkanes of at least 4 members (excludes halogenated alkanes) is 1. The van der Waals surface area contributed by atoms with Crippen LogP contribution in [0, 0.1) is 5.92 Å². The number of carbonyl (C=O) groups excluding carboxylic acids is 1. The molecule has 0 aromatic rings. The van der Waals surface area contributed by atoms with Gasteiger partial charge in [0, 0.05) is 19.6 Å². The molecule has 2 aliphatic rings. The first-order valence-corrected chi connectivity index (χ1v) is 7.62. The Balaban J connectivity index is 1.37. The maximum absolute atomic E-state index is 11.5. The minimum absolute atomic E-state index is 0.132. The SMILES string of the molecule is O=C(CNCC1CC1)NCCCCN1CCOCC1. The molecule has 0 atom stereocenters. The molecule has 5 heteroatoms. The number of carbonyl (C=O) groups is 1. The van der Waals surface area contributed by atoms with Crippen LogP contribution in [0.2, 0.25) is 0 Å². The molecule has 2 fully saturated rings. The van der Waals surface area contributed by atoms with E-state index in [1.165, 1.54) is 12.8 Å². The Kier molecular flexibility index (Phi) is 6.61. The minimum Gasteiger partial charge on any atom is -0.379 e. The van der Waals surface area contributed by atoms with Gasteiger partial charge in [0.05, 0.1) is 19.8 Å². The normalized spacial score (nSPS) is 20.4. The second kappa shape index (κ2) is 8.51. The second-order valence-corrected chi connectivity index (χ2v) is 5.59. The number of rotatable bonds is 9. The van der Waals surface area contributed by atoms with E-state index in [1.54, 1.807) is 0 Å². The molecule has 0 bridgehead atoms. The fraction of sp³-hybridized carbons (Fsp3) is 0.929. The summed E-state index contributed by atoms with van der Waals surface area (Å²) in [7, 11) is 0. The molecule has 1 saturated carbocycles. The van der Waals surface area contributed by atoms with Crippen molar-refractivity contribution in [2.75, 3.05) is 52.5 Å². The summed E-state index contributed by atoms with van der Waals surface area (Å²) < 4.78 is 5.31. The Morgan fingerprint density at radius 2 is 2.00 bits per heavy atom. The van der Waals surface area contributed by atoms with Gasteiger partial charge in [0.15, 0.2) is 0 Å². The van der Waals surface area contributed by atoms with Crippen molar-refractivity contribution in [3.63, 3.8) is 0 Å². The molecule has 110 valence electrons. The lowest BCUT2D eigenvalue weighted by Gasteiger charge is -2.26. The summed E-state index contributed by atoms with van der Waals surface area (Å²) in [5.74, 6) is 0.966. The predicted molar refractivity (Wildman–Crippen MR) is 75.1 cm³/mol. The van der Waals surface area contributed by atoms with Gasteiger partial charge < -0.3 is 15.4 Å². The Hall–Kier alpha value is -0.650. The van der Waals surface area contributed by atoms with Crippen LogP contribution in [0.4, 0.5) is 0 Å². The van der Waals surface area contributed by atoms with Crippen LogP contribution in [-0.2, 0) is 9.53 Å². The molecule has 0 spiro atoms. The van der Waals surface area contributed by atoms with E-state index in [-0.39, 0.29) is 5.91 Å². The molecule has 0 aromatic carbocycles. The van der Waals surface area contributed by atoms with E-state index in [0.29, 0.717) is 6.54 Å². The van der Waals surface area contributed by atoms with Crippen molar-refractivity contribution < 1.29 is 9.53 Å². The van der Waals surface area contributed by atoms with Crippen molar-refractivity contribution in [3.8, 4) is 0 Å². The molecule has 1 aliphatic heterocycles. The fourth-order valence-corrected chi connectivity index (χ4v) is 2.29. The number of morpholine rings is 1.